The van der Waals surface area contributed by atoms with Crippen LogP contribution in [0, 0.1) is 3.57 Å². The molecule has 3 heteroatoms. The van der Waals surface area contributed by atoms with Crippen molar-refractivity contribution >= 4 is 34.0 Å². The first-order chi connectivity index (χ1) is 6.44. The Balaban J connectivity index is 0.00000112. The van der Waals surface area contributed by atoms with Gasteiger partial charge in [-0.2, -0.15) is 0 Å². The molecule has 0 unspecified atom stereocenters. The van der Waals surface area contributed by atoms with Crippen LogP contribution in [0.2, 0.25) is 0 Å². The van der Waals surface area contributed by atoms with Crippen molar-refractivity contribution in [3.63, 3.8) is 0 Å². The SMILES string of the molecule is CC1=[N+](C)c2ccc(I)cc2C1(C)C.[I-]. The molecule has 1 aromatic carbocycles. The lowest BCUT2D eigenvalue weighted by Crippen LogP contribution is -3.00. The Morgan fingerprint density at radius 1 is 1.27 bits per heavy atom. The van der Waals surface area contributed by atoms with E-state index in [1.807, 2.05) is 0 Å². The van der Waals surface area contributed by atoms with Crippen LogP contribution < -0.4 is 24.0 Å². The van der Waals surface area contributed by atoms with Crippen LogP contribution in [0.3, 0.4) is 0 Å². The van der Waals surface area contributed by atoms with Gasteiger partial charge < -0.3 is 24.0 Å². The van der Waals surface area contributed by atoms with E-state index in [1.54, 1.807) is 0 Å². The van der Waals surface area contributed by atoms with E-state index < -0.39 is 0 Å². The summed E-state index contributed by atoms with van der Waals surface area (Å²) < 4.78 is 3.61. The van der Waals surface area contributed by atoms with Gasteiger partial charge in [0.2, 0.25) is 5.69 Å². The number of hydrogen-bond acceptors (Lipinski definition) is 0. The van der Waals surface area contributed by atoms with Gasteiger partial charge in [-0.15, -0.1) is 0 Å². The van der Waals surface area contributed by atoms with Crippen LogP contribution in [0.25, 0.3) is 0 Å². The third-order valence-electron chi connectivity index (χ3n) is 3.40. The van der Waals surface area contributed by atoms with Crippen LogP contribution in [0.15, 0.2) is 18.2 Å². The first-order valence-electron chi connectivity index (χ1n) is 4.82. The summed E-state index contributed by atoms with van der Waals surface area (Å²) in [6.45, 7) is 6.80. The van der Waals surface area contributed by atoms with Crippen molar-refractivity contribution in [3.8, 4) is 0 Å². The van der Waals surface area contributed by atoms with Gasteiger partial charge in [-0.1, -0.05) is 0 Å². The second-order valence-electron chi connectivity index (χ2n) is 4.43. The first-order valence-corrected chi connectivity index (χ1v) is 5.90. The maximum Gasteiger partial charge on any atom is 0.209 e. The Kier molecular flexibility index (Phi) is 3.86. The Hall–Kier alpha value is 0.350. The molecule has 0 spiro atoms. The van der Waals surface area contributed by atoms with Crippen LogP contribution in [0.1, 0.15) is 26.3 Å². The molecule has 0 aromatic heterocycles. The summed E-state index contributed by atoms with van der Waals surface area (Å²) in [7, 11) is 2.15. The highest BCUT2D eigenvalue weighted by molar-refractivity contribution is 14.1. The number of hydrogen-bond donors (Lipinski definition) is 0. The van der Waals surface area contributed by atoms with Crippen molar-refractivity contribution in [2.75, 3.05) is 7.05 Å². The van der Waals surface area contributed by atoms with Crippen molar-refractivity contribution in [3.05, 3.63) is 27.3 Å². The molecule has 1 aliphatic heterocycles. The van der Waals surface area contributed by atoms with E-state index in [2.05, 4.69) is 73.2 Å². The van der Waals surface area contributed by atoms with Crippen LogP contribution in [-0.2, 0) is 5.41 Å². The van der Waals surface area contributed by atoms with Crippen LogP contribution >= 0.6 is 22.6 Å². The zero-order chi connectivity index (χ0) is 10.5. The largest absolute Gasteiger partial charge is 1.00 e. The van der Waals surface area contributed by atoms with Gasteiger partial charge in [0, 0.05) is 22.1 Å². The molecule has 1 nitrogen and oxygen atoms in total. The topological polar surface area (TPSA) is 3.01 Å². The summed E-state index contributed by atoms with van der Waals surface area (Å²) in [4.78, 5) is 0. The van der Waals surface area contributed by atoms with Crippen LogP contribution in [0.4, 0.5) is 5.69 Å². The fourth-order valence-corrected chi connectivity index (χ4v) is 2.59. The predicted octanol–water partition coefficient (Wildman–Crippen LogP) is 0.321. The number of nitrogens with zero attached hydrogens (tertiary/aromatic N) is 1. The molecule has 1 aliphatic rings. The third kappa shape index (κ3) is 1.97. The van der Waals surface area contributed by atoms with E-state index in [4.69, 9.17) is 0 Å². The van der Waals surface area contributed by atoms with Gasteiger partial charge in [0.15, 0.2) is 5.71 Å². The summed E-state index contributed by atoms with van der Waals surface area (Å²) in [6, 6.07) is 6.68. The Morgan fingerprint density at radius 2 is 1.87 bits per heavy atom. The average Bonchev–Trinajstić information content (AvgIpc) is 2.29. The summed E-state index contributed by atoms with van der Waals surface area (Å²) >= 11 is 2.38. The molecule has 0 amide bonds. The zero-order valence-corrected chi connectivity index (χ0v) is 13.8. The smallest absolute Gasteiger partial charge is 0.209 e. The lowest BCUT2D eigenvalue weighted by Gasteiger charge is -2.14. The Labute approximate surface area is 122 Å². The van der Waals surface area contributed by atoms with Gasteiger partial charge in [0.05, 0.1) is 5.41 Å². The fraction of sp³-hybridized carbons (Fsp3) is 0.417. The zero-order valence-electron chi connectivity index (χ0n) is 9.44. The molecule has 2 rings (SSSR count). The number of rotatable bonds is 0. The third-order valence-corrected chi connectivity index (χ3v) is 4.07. The number of benzene rings is 1. The second kappa shape index (κ2) is 4.31. The molecule has 1 aromatic rings. The lowest BCUT2D eigenvalue weighted by atomic mass is 9.82. The minimum Gasteiger partial charge on any atom is -1.00 e. The Morgan fingerprint density at radius 3 is 2.47 bits per heavy atom. The molecule has 0 N–H and O–H groups in total. The minimum absolute atomic E-state index is 0. The standard InChI is InChI=1S/C12H15IN.HI/c1-8-12(2,3)10-7-9(13)5-6-11(10)14(8)4;/h5-7H,1-4H3;1H/q+1;/p-1. The maximum atomic E-state index is 2.38. The van der Waals surface area contributed by atoms with Crippen molar-refractivity contribution in [1.82, 2.24) is 0 Å². The summed E-state index contributed by atoms with van der Waals surface area (Å²) in [6.07, 6.45) is 0. The average molecular weight is 427 g/mol. The molecule has 0 saturated carbocycles. The normalized spacial score (nSPS) is 17.4. The minimum atomic E-state index is 0. The molecule has 0 fully saturated rings. The van der Waals surface area contributed by atoms with E-state index in [0.29, 0.717) is 0 Å². The van der Waals surface area contributed by atoms with E-state index in [0.717, 1.165) is 0 Å². The van der Waals surface area contributed by atoms with Crippen molar-refractivity contribution in [2.45, 2.75) is 26.2 Å². The first kappa shape index (κ1) is 13.4. The van der Waals surface area contributed by atoms with Gasteiger partial charge in [-0.05, 0) is 48.6 Å². The van der Waals surface area contributed by atoms with Crippen LogP contribution in [-0.4, -0.2) is 17.3 Å². The quantitative estimate of drug-likeness (QED) is 0.415. The van der Waals surface area contributed by atoms with E-state index in [9.17, 15) is 0 Å². The van der Waals surface area contributed by atoms with Gasteiger partial charge in [-0.25, -0.2) is 4.58 Å². The van der Waals surface area contributed by atoms with Crippen molar-refractivity contribution in [2.24, 2.45) is 0 Å². The van der Waals surface area contributed by atoms with Crippen LogP contribution in [0.5, 0.6) is 0 Å². The van der Waals surface area contributed by atoms with Gasteiger partial charge in [0.1, 0.15) is 7.05 Å². The fourth-order valence-electron chi connectivity index (χ4n) is 2.10. The molecule has 15 heavy (non-hydrogen) atoms. The van der Waals surface area contributed by atoms with E-state index in [1.165, 1.54) is 20.5 Å². The summed E-state index contributed by atoms with van der Waals surface area (Å²) in [5.74, 6) is 0. The molecular weight excluding hydrogens is 412 g/mol. The van der Waals surface area contributed by atoms with Crippen molar-refractivity contribution in [1.29, 1.82) is 0 Å². The van der Waals surface area contributed by atoms with E-state index in [-0.39, 0.29) is 29.4 Å². The van der Waals surface area contributed by atoms with Gasteiger partial charge in [-0.3, -0.25) is 0 Å². The maximum absolute atomic E-state index is 2.38. The molecule has 0 bridgehead atoms. The molecule has 82 valence electrons. The highest BCUT2D eigenvalue weighted by Crippen LogP contribution is 2.39. The molecule has 1 heterocycles. The molecule has 0 radical (unpaired) electrons. The highest BCUT2D eigenvalue weighted by atomic mass is 127. The summed E-state index contributed by atoms with van der Waals surface area (Å²) in [5, 5.41) is 0. The number of fused-ring (bicyclic) bond motifs is 1. The monoisotopic (exact) mass is 427 g/mol. The molecular formula is C12H15I2N. The second-order valence-corrected chi connectivity index (χ2v) is 5.68. The molecule has 0 atom stereocenters. The summed E-state index contributed by atoms with van der Waals surface area (Å²) in [5.41, 5.74) is 4.41. The predicted molar refractivity (Wildman–Crippen MR) is 68.7 cm³/mol. The number of halogens is 2. The molecule has 0 saturated heterocycles. The van der Waals surface area contributed by atoms with E-state index >= 15 is 0 Å². The lowest BCUT2D eigenvalue weighted by molar-refractivity contribution is -0.403. The van der Waals surface area contributed by atoms with Crippen molar-refractivity contribution < 1.29 is 28.6 Å². The van der Waals surface area contributed by atoms with Gasteiger partial charge in [0.25, 0.3) is 0 Å². The highest BCUT2D eigenvalue weighted by Gasteiger charge is 2.41. The Bertz CT molecular complexity index is 433. The van der Waals surface area contributed by atoms with Gasteiger partial charge >= 0.3 is 0 Å². The molecule has 0 aliphatic carbocycles.